The number of rotatable bonds is 5. The molecule has 17 heavy (non-hydrogen) atoms. The molecule has 2 aromatic heterocycles. The SMILES string of the molecule is CCNC(Cc1nnn(C)n1)c1ccnnc1. The molecule has 90 valence electrons. The molecule has 0 aliphatic heterocycles. The van der Waals surface area contributed by atoms with E-state index in [9.17, 15) is 0 Å². The Hall–Kier alpha value is -1.89. The zero-order valence-electron chi connectivity index (χ0n) is 9.91. The van der Waals surface area contributed by atoms with Gasteiger partial charge >= 0.3 is 0 Å². The summed E-state index contributed by atoms with van der Waals surface area (Å²) in [5.41, 5.74) is 1.08. The highest BCUT2D eigenvalue weighted by atomic mass is 15.6. The Morgan fingerprint density at radius 2 is 2.29 bits per heavy atom. The molecule has 1 unspecified atom stereocenters. The molecule has 0 saturated heterocycles. The molecule has 2 rings (SSSR count). The van der Waals surface area contributed by atoms with Crippen molar-refractivity contribution in [1.82, 2.24) is 35.7 Å². The van der Waals surface area contributed by atoms with Gasteiger partial charge in [0.1, 0.15) is 0 Å². The van der Waals surface area contributed by atoms with Crippen LogP contribution in [0.25, 0.3) is 0 Å². The van der Waals surface area contributed by atoms with Crippen LogP contribution < -0.4 is 5.32 Å². The summed E-state index contributed by atoms with van der Waals surface area (Å²) in [7, 11) is 1.76. The molecule has 0 aliphatic carbocycles. The van der Waals surface area contributed by atoms with Gasteiger partial charge in [-0.05, 0) is 23.4 Å². The van der Waals surface area contributed by atoms with E-state index in [4.69, 9.17) is 0 Å². The third-order valence-corrected chi connectivity index (χ3v) is 2.40. The van der Waals surface area contributed by atoms with E-state index in [0.29, 0.717) is 6.42 Å². The minimum absolute atomic E-state index is 0.139. The lowest BCUT2D eigenvalue weighted by Gasteiger charge is -2.15. The number of aromatic nitrogens is 6. The topological polar surface area (TPSA) is 81.4 Å². The Bertz CT molecular complexity index is 453. The predicted molar refractivity (Wildman–Crippen MR) is 61.0 cm³/mol. The third kappa shape index (κ3) is 3.04. The molecule has 0 spiro atoms. The van der Waals surface area contributed by atoms with Crippen molar-refractivity contribution in [3.8, 4) is 0 Å². The van der Waals surface area contributed by atoms with Gasteiger partial charge < -0.3 is 5.32 Å². The molecule has 0 saturated carbocycles. The van der Waals surface area contributed by atoms with E-state index < -0.39 is 0 Å². The Balaban J connectivity index is 2.13. The van der Waals surface area contributed by atoms with Crippen molar-refractivity contribution in [2.45, 2.75) is 19.4 Å². The fraction of sp³-hybridized carbons (Fsp3) is 0.500. The van der Waals surface area contributed by atoms with Crippen LogP contribution in [0, 0.1) is 0 Å². The molecule has 7 nitrogen and oxygen atoms in total. The first-order chi connectivity index (χ1) is 8.29. The van der Waals surface area contributed by atoms with E-state index in [1.807, 2.05) is 6.07 Å². The van der Waals surface area contributed by atoms with Crippen LogP contribution in [0.4, 0.5) is 0 Å². The monoisotopic (exact) mass is 233 g/mol. The van der Waals surface area contributed by atoms with Crippen molar-refractivity contribution in [3.05, 3.63) is 29.8 Å². The van der Waals surface area contributed by atoms with E-state index in [2.05, 4.69) is 37.8 Å². The lowest BCUT2D eigenvalue weighted by molar-refractivity contribution is 0.532. The molecule has 0 bridgehead atoms. The molecule has 0 fully saturated rings. The van der Waals surface area contributed by atoms with Crippen LogP contribution in [0.3, 0.4) is 0 Å². The van der Waals surface area contributed by atoms with E-state index >= 15 is 0 Å². The second-order valence-electron chi connectivity index (χ2n) is 3.69. The highest BCUT2D eigenvalue weighted by molar-refractivity contribution is 5.13. The van der Waals surface area contributed by atoms with Gasteiger partial charge in [-0.1, -0.05) is 6.92 Å². The Morgan fingerprint density at radius 3 is 2.88 bits per heavy atom. The largest absolute Gasteiger partial charge is 0.310 e. The molecule has 1 N–H and O–H groups in total. The van der Waals surface area contributed by atoms with Crippen LogP contribution in [0.1, 0.15) is 24.4 Å². The minimum Gasteiger partial charge on any atom is -0.310 e. The van der Waals surface area contributed by atoms with E-state index in [-0.39, 0.29) is 6.04 Å². The third-order valence-electron chi connectivity index (χ3n) is 2.40. The fourth-order valence-corrected chi connectivity index (χ4v) is 1.65. The van der Waals surface area contributed by atoms with E-state index in [1.165, 1.54) is 4.80 Å². The van der Waals surface area contributed by atoms with Gasteiger partial charge in [-0.3, -0.25) is 0 Å². The Kier molecular flexibility index (Phi) is 3.71. The van der Waals surface area contributed by atoms with Gasteiger partial charge in [0, 0.05) is 18.7 Å². The molecule has 1 atom stereocenters. The summed E-state index contributed by atoms with van der Waals surface area (Å²) < 4.78 is 0. The number of nitrogens with zero attached hydrogens (tertiary/aromatic N) is 6. The van der Waals surface area contributed by atoms with Crippen molar-refractivity contribution in [3.63, 3.8) is 0 Å². The molecular weight excluding hydrogens is 218 g/mol. The fourth-order valence-electron chi connectivity index (χ4n) is 1.65. The van der Waals surface area contributed by atoms with Crippen molar-refractivity contribution >= 4 is 0 Å². The summed E-state index contributed by atoms with van der Waals surface area (Å²) >= 11 is 0. The van der Waals surface area contributed by atoms with Crippen molar-refractivity contribution in [2.75, 3.05) is 6.54 Å². The van der Waals surface area contributed by atoms with Gasteiger partial charge in [-0.25, -0.2) is 0 Å². The van der Waals surface area contributed by atoms with Crippen LogP contribution in [-0.2, 0) is 13.5 Å². The molecule has 2 aromatic rings. The maximum absolute atomic E-state index is 4.18. The van der Waals surface area contributed by atoms with Gasteiger partial charge in [0.2, 0.25) is 0 Å². The first kappa shape index (κ1) is 11.6. The number of tetrazole rings is 1. The molecule has 0 aromatic carbocycles. The Morgan fingerprint density at radius 1 is 1.41 bits per heavy atom. The summed E-state index contributed by atoms with van der Waals surface area (Å²) in [6.45, 7) is 2.93. The van der Waals surface area contributed by atoms with Crippen LogP contribution in [0.2, 0.25) is 0 Å². The number of hydrogen-bond acceptors (Lipinski definition) is 6. The van der Waals surface area contributed by atoms with Gasteiger partial charge in [0.05, 0.1) is 13.2 Å². The minimum atomic E-state index is 0.139. The molecular formula is C10H15N7. The van der Waals surface area contributed by atoms with Gasteiger partial charge in [-0.2, -0.15) is 15.0 Å². The van der Waals surface area contributed by atoms with Gasteiger partial charge in [0.25, 0.3) is 0 Å². The maximum Gasteiger partial charge on any atom is 0.176 e. The highest BCUT2D eigenvalue weighted by Crippen LogP contribution is 2.14. The van der Waals surface area contributed by atoms with Crippen molar-refractivity contribution in [1.29, 1.82) is 0 Å². The standard InChI is InChI=1S/C10H15N7/c1-3-11-9(8-4-5-12-13-7-8)6-10-14-16-17(2)15-10/h4-5,7,9,11H,3,6H2,1-2H3. The predicted octanol–water partition coefficient (Wildman–Crippen LogP) is -0.107. The Labute approximate surface area is 99.3 Å². The summed E-state index contributed by atoms with van der Waals surface area (Å²) in [6.07, 6.45) is 4.13. The lowest BCUT2D eigenvalue weighted by atomic mass is 10.1. The first-order valence-corrected chi connectivity index (χ1v) is 5.52. The van der Waals surface area contributed by atoms with Gasteiger partial charge in [0.15, 0.2) is 5.82 Å². The van der Waals surface area contributed by atoms with Gasteiger partial charge in [-0.15, -0.1) is 10.2 Å². The molecule has 0 radical (unpaired) electrons. The summed E-state index contributed by atoms with van der Waals surface area (Å²) in [4.78, 5) is 1.46. The van der Waals surface area contributed by atoms with Crippen LogP contribution in [-0.4, -0.2) is 36.9 Å². The molecule has 0 amide bonds. The maximum atomic E-state index is 4.18. The van der Waals surface area contributed by atoms with E-state index in [1.54, 1.807) is 19.4 Å². The lowest BCUT2D eigenvalue weighted by Crippen LogP contribution is -2.23. The number of aryl methyl sites for hydroxylation is 1. The summed E-state index contributed by atoms with van der Waals surface area (Å²) in [6, 6.07) is 2.08. The zero-order valence-corrected chi connectivity index (χ0v) is 9.91. The zero-order chi connectivity index (χ0) is 12.1. The average molecular weight is 233 g/mol. The normalized spacial score (nSPS) is 12.6. The number of hydrogen-bond donors (Lipinski definition) is 1. The summed E-state index contributed by atoms with van der Waals surface area (Å²) in [5, 5.41) is 23.0. The second-order valence-corrected chi connectivity index (χ2v) is 3.69. The average Bonchev–Trinajstić information content (AvgIpc) is 2.75. The quantitative estimate of drug-likeness (QED) is 0.776. The van der Waals surface area contributed by atoms with E-state index in [0.717, 1.165) is 17.9 Å². The molecule has 2 heterocycles. The van der Waals surface area contributed by atoms with Crippen LogP contribution in [0.15, 0.2) is 18.5 Å². The van der Waals surface area contributed by atoms with Crippen molar-refractivity contribution < 1.29 is 0 Å². The smallest absolute Gasteiger partial charge is 0.176 e. The van der Waals surface area contributed by atoms with Crippen molar-refractivity contribution in [2.24, 2.45) is 7.05 Å². The number of nitrogens with one attached hydrogen (secondary N) is 1. The molecule has 7 heteroatoms. The van der Waals surface area contributed by atoms with Crippen LogP contribution >= 0.6 is 0 Å². The second kappa shape index (κ2) is 5.44. The summed E-state index contributed by atoms with van der Waals surface area (Å²) in [5.74, 6) is 0.718. The van der Waals surface area contributed by atoms with Crippen LogP contribution in [0.5, 0.6) is 0 Å². The first-order valence-electron chi connectivity index (χ1n) is 5.52. The highest BCUT2D eigenvalue weighted by Gasteiger charge is 2.14. The number of likely N-dealkylation sites (N-methyl/N-ethyl adjacent to an activating group) is 1. The molecule has 0 aliphatic rings.